The van der Waals surface area contributed by atoms with Gasteiger partial charge in [0.2, 0.25) is 0 Å². The first-order chi connectivity index (χ1) is 21.2. The molecule has 1 aliphatic heterocycles. The number of pyridine rings is 1. The summed E-state index contributed by atoms with van der Waals surface area (Å²) in [5, 5.41) is 2.68. The van der Waals surface area contributed by atoms with Gasteiger partial charge in [-0.3, -0.25) is 19.4 Å². The number of fused-ring (bicyclic) bond motifs is 1. The first kappa shape index (κ1) is 30.9. The lowest BCUT2D eigenvalue weighted by atomic mass is 9.94. The maximum absolute atomic E-state index is 14.5. The molecule has 0 saturated carbocycles. The van der Waals surface area contributed by atoms with Crippen LogP contribution in [0.1, 0.15) is 69.1 Å². The maximum Gasteiger partial charge on any atom is 0.408 e. The van der Waals surface area contributed by atoms with Gasteiger partial charge >= 0.3 is 6.09 Å². The summed E-state index contributed by atoms with van der Waals surface area (Å²) in [7, 11) is 0. The predicted octanol–water partition coefficient (Wildman–Crippen LogP) is 5.87. The van der Waals surface area contributed by atoms with Gasteiger partial charge in [0.05, 0.1) is 40.3 Å². The Kier molecular flexibility index (Phi) is 8.16. The monoisotopic (exact) mass is 616 g/mol. The van der Waals surface area contributed by atoms with Gasteiger partial charge in [0.15, 0.2) is 0 Å². The van der Waals surface area contributed by atoms with Crippen LogP contribution in [0.2, 0.25) is 0 Å². The Bertz CT molecular complexity index is 1820. The third kappa shape index (κ3) is 6.54. The fourth-order valence-corrected chi connectivity index (χ4v) is 5.03. The highest BCUT2D eigenvalue weighted by atomic mass is 19.1. The molecule has 2 heterocycles. The van der Waals surface area contributed by atoms with Crippen molar-refractivity contribution in [2.75, 3.05) is 4.90 Å². The number of hydrogen-bond donors (Lipinski definition) is 2. The number of rotatable bonds is 7. The minimum atomic E-state index is -1.12. The largest absolute Gasteiger partial charge is 0.444 e. The summed E-state index contributed by atoms with van der Waals surface area (Å²) in [6, 6.07) is 12.9. The van der Waals surface area contributed by atoms with Gasteiger partial charge in [-0.2, -0.15) is 0 Å². The first-order valence-corrected chi connectivity index (χ1v) is 13.7. The minimum absolute atomic E-state index is 0.0396. The molecule has 0 aliphatic carbocycles. The van der Waals surface area contributed by atoms with Gasteiger partial charge in [0.1, 0.15) is 23.1 Å². The number of imide groups is 1. The van der Waals surface area contributed by atoms with Gasteiger partial charge in [-0.05, 0) is 80.8 Å². The summed E-state index contributed by atoms with van der Waals surface area (Å²) in [5.74, 6) is -4.85. The highest BCUT2D eigenvalue weighted by molar-refractivity contribution is 6.34. The lowest BCUT2D eigenvalue weighted by Crippen LogP contribution is -2.36. The third-order valence-electron chi connectivity index (χ3n) is 6.88. The van der Waals surface area contributed by atoms with E-state index in [4.69, 9.17) is 10.5 Å². The van der Waals surface area contributed by atoms with Gasteiger partial charge < -0.3 is 15.8 Å². The summed E-state index contributed by atoms with van der Waals surface area (Å²) < 4.78 is 48.3. The molecule has 0 saturated heterocycles. The normalized spacial score (nSPS) is 13.4. The van der Waals surface area contributed by atoms with Crippen molar-refractivity contribution in [3.63, 3.8) is 0 Å². The molecule has 3 N–H and O–H groups in total. The molecule has 1 unspecified atom stereocenters. The molecule has 5 rings (SSSR count). The van der Waals surface area contributed by atoms with E-state index >= 15 is 0 Å². The Balaban J connectivity index is 1.68. The van der Waals surface area contributed by atoms with Gasteiger partial charge in [0, 0.05) is 11.6 Å². The van der Waals surface area contributed by atoms with E-state index in [1.54, 1.807) is 32.9 Å². The molecule has 3 aromatic carbocycles. The lowest BCUT2D eigenvalue weighted by Gasteiger charge is -2.26. The highest BCUT2D eigenvalue weighted by Crippen LogP contribution is 2.36. The molecule has 1 aliphatic rings. The molecule has 12 heteroatoms. The molecular formula is C33H27F3N4O5. The van der Waals surface area contributed by atoms with E-state index in [2.05, 4.69) is 10.3 Å². The van der Waals surface area contributed by atoms with Gasteiger partial charge in [-0.1, -0.05) is 18.2 Å². The Hall–Kier alpha value is -5.52. The Morgan fingerprint density at radius 1 is 0.911 bits per heavy atom. The third-order valence-corrected chi connectivity index (χ3v) is 6.88. The van der Waals surface area contributed by atoms with Gasteiger partial charge in [-0.25, -0.2) is 22.9 Å². The van der Waals surface area contributed by atoms with Crippen LogP contribution in [0.25, 0.3) is 11.1 Å². The summed E-state index contributed by atoms with van der Waals surface area (Å²) in [4.78, 5) is 57.0. The molecule has 0 bridgehead atoms. The number of alkyl carbamates (subject to hydrolysis) is 1. The second-order valence-corrected chi connectivity index (χ2v) is 11.4. The van der Waals surface area contributed by atoms with Crippen molar-refractivity contribution in [3.05, 3.63) is 118 Å². The van der Waals surface area contributed by atoms with Gasteiger partial charge in [-0.15, -0.1) is 0 Å². The van der Waals surface area contributed by atoms with E-state index < -0.39 is 58.5 Å². The van der Waals surface area contributed by atoms with Crippen molar-refractivity contribution in [1.29, 1.82) is 0 Å². The second-order valence-electron chi connectivity index (χ2n) is 11.4. The van der Waals surface area contributed by atoms with Crippen LogP contribution in [0.5, 0.6) is 0 Å². The van der Waals surface area contributed by atoms with E-state index in [-0.39, 0.29) is 45.6 Å². The van der Waals surface area contributed by atoms with Crippen molar-refractivity contribution >= 4 is 29.5 Å². The molecule has 0 fully saturated rings. The zero-order chi connectivity index (χ0) is 32.6. The molecular weight excluding hydrogens is 589 g/mol. The van der Waals surface area contributed by atoms with Crippen molar-refractivity contribution in [3.8, 4) is 11.1 Å². The number of primary amides is 1. The number of anilines is 1. The zero-order valence-electron chi connectivity index (χ0n) is 24.4. The quantitative estimate of drug-likeness (QED) is 0.250. The highest BCUT2D eigenvalue weighted by Gasteiger charge is 2.37. The summed E-state index contributed by atoms with van der Waals surface area (Å²) in [5.41, 5.74) is 5.04. The van der Waals surface area contributed by atoms with Crippen molar-refractivity contribution in [1.82, 2.24) is 10.3 Å². The van der Waals surface area contributed by atoms with Gasteiger partial charge in [0.25, 0.3) is 17.7 Å². The SMILES string of the molecule is CC(C)(C)OC(=O)NC(Cc1cc(F)cc(F)c1)c1ncc(N2C(=O)c3ccccc3C2=O)cc1-c1ccc(F)c(C(N)=O)c1. The van der Waals surface area contributed by atoms with Crippen LogP contribution >= 0.6 is 0 Å². The molecule has 9 nitrogen and oxygen atoms in total. The Morgan fingerprint density at radius 2 is 1.53 bits per heavy atom. The van der Waals surface area contributed by atoms with Crippen LogP contribution in [0.15, 0.2) is 72.9 Å². The van der Waals surface area contributed by atoms with Crippen molar-refractivity contribution < 1.29 is 37.1 Å². The van der Waals surface area contributed by atoms with Crippen LogP contribution in [0, 0.1) is 17.5 Å². The van der Waals surface area contributed by atoms with E-state index in [0.717, 1.165) is 29.2 Å². The van der Waals surface area contributed by atoms with Crippen molar-refractivity contribution in [2.24, 2.45) is 5.73 Å². The fourth-order valence-electron chi connectivity index (χ4n) is 5.03. The average molecular weight is 617 g/mol. The molecule has 45 heavy (non-hydrogen) atoms. The van der Waals surface area contributed by atoms with Crippen LogP contribution in [0.4, 0.5) is 23.7 Å². The zero-order valence-corrected chi connectivity index (χ0v) is 24.4. The summed E-state index contributed by atoms with van der Waals surface area (Å²) >= 11 is 0. The number of amides is 4. The Morgan fingerprint density at radius 3 is 2.11 bits per heavy atom. The minimum Gasteiger partial charge on any atom is -0.444 e. The topological polar surface area (TPSA) is 132 Å². The molecule has 230 valence electrons. The fraction of sp³-hybridized carbons (Fsp3) is 0.182. The van der Waals surface area contributed by atoms with E-state index in [1.807, 2.05) is 0 Å². The van der Waals surface area contributed by atoms with Crippen LogP contribution in [-0.4, -0.2) is 34.4 Å². The number of halogens is 3. The number of nitrogens with one attached hydrogen (secondary N) is 1. The number of hydrogen-bond acceptors (Lipinski definition) is 6. The average Bonchev–Trinajstić information content (AvgIpc) is 3.20. The number of benzene rings is 3. The lowest BCUT2D eigenvalue weighted by molar-refractivity contribution is 0.0502. The number of nitrogens with two attached hydrogens (primary N) is 1. The molecule has 4 aromatic rings. The summed E-state index contributed by atoms with van der Waals surface area (Å²) in [6.45, 7) is 4.94. The molecule has 0 spiro atoms. The standard InChI is InChI=1S/C33H27F3N4O5/c1-33(2,3)45-32(44)39-27(12-17-10-19(34)14-20(35)11-17)28-24(18-8-9-26(36)25(13-18)29(37)41)15-21(16-38-28)40-30(42)22-6-4-5-7-23(22)31(40)43/h4-11,13-16,27H,12H2,1-3H3,(H2,37,41)(H,39,44). The smallest absolute Gasteiger partial charge is 0.408 e. The van der Waals surface area contributed by atoms with Crippen molar-refractivity contribution in [2.45, 2.75) is 38.8 Å². The number of carbonyl (C=O) groups is 4. The molecule has 4 amide bonds. The number of ether oxygens (including phenoxy) is 1. The number of nitrogens with zero attached hydrogens (tertiary/aromatic N) is 2. The first-order valence-electron chi connectivity index (χ1n) is 13.7. The van der Waals surface area contributed by atoms with E-state index in [9.17, 15) is 32.3 Å². The maximum atomic E-state index is 14.5. The summed E-state index contributed by atoms with van der Waals surface area (Å²) in [6.07, 6.45) is 0.164. The number of aromatic nitrogens is 1. The molecule has 0 radical (unpaired) electrons. The van der Waals surface area contributed by atoms with Crippen LogP contribution in [-0.2, 0) is 11.2 Å². The van der Waals surface area contributed by atoms with Crippen LogP contribution < -0.4 is 16.0 Å². The predicted molar refractivity (Wildman–Crippen MR) is 158 cm³/mol. The number of carbonyl (C=O) groups excluding carboxylic acids is 4. The molecule has 1 aromatic heterocycles. The van der Waals surface area contributed by atoms with E-state index in [0.29, 0.717) is 6.07 Å². The Labute approximate surface area is 255 Å². The van der Waals surface area contributed by atoms with Crippen LogP contribution in [0.3, 0.4) is 0 Å². The second kappa shape index (κ2) is 11.9. The molecule has 1 atom stereocenters. The van der Waals surface area contributed by atoms with E-state index in [1.165, 1.54) is 30.5 Å².